The van der Waals surface area contributed by atoms with Crippen LogP contribution in [-0.2, 0) is 11.2 Å². The average Bonchev–Trinajstić information content (AvgIpc) is 3.36. The van der Waals surface area contributed by atoms with E-state index in [1.165, 1.54) is 19.4 Å². The van der Waals surface area contributed by atoms with Crippen molar-refractivity contribution in [2.24, 2.45) is 5.92 Å². The first-order chi connectivity index (χ1) is 10.7. The highest BCUT2D eigenvalue weighted by Crippen LogP contribution is 2.29. The normalized spacial score (nSPS) is 19.8. The quantitative estimate of drug-likeness (QED) is 0.836. The molecule has 0 unspecified atom stereocenters. The zero-order chi connectivity index (χ0) is 15.4. The molecule has 0 radical (unpaired) electrons. The van der Waals surface area contributed by atoms with Crippen molar-refractivity contribution in [2.75, 3.05) is 39.8 Å². The fourth-order valence-corrected chi connectivity index (χ4v) is 3.10. The van der Waals surface area contributed by atoms with Crippen molar-refractivity contribution < 1.29 is 9.53 Å². The SMILES string of the molecule is COc1ccc(CC(=O)N2CCCN(CC3CC3)CC2)cc1. The van der Waals surface area contributed by atoms with E-state index in [0.29, 0.717) is 6.42 Å². The van der Waals surface area contributed by atoms with Crippen molar-refractivity contribution in [3.05, 3.63) is 29.8 Å². The molecule has 1 aromatic carbocycles. The number of hydrogen-bond donors (Lipinski definition) is 0. The van der Waals surface area contributed by atoms with Crippen molar-refractivity contribution in [1.82, 2.24) is 9.80 Å². The molecule has 1 aliphatic heterocycles. The van der Waals surface area contributed by atoms with E-state index in [2.05, 4.69) is 4.90 Å². The Kier molecular flexibility index (Phi) is 4.98. The maximum absolute atomic E-state index is 12.5. The summed E-state index contributed by atoms with van der Waals surface area (Å²) in [6.45, 7) is 5.19. The first kappa shape index (κ1) is 15.3. The Hall–Kier alpha value is -1.55. The Balaban J connectivity index is 1.50. The van der Waals surface area contributed by atoms with Crippen LogP contribution in [0.15, 0.2) is 24.3 Å². The average molecular weight is 302 g/mol. The molecule has 2 fully saturated rings. The summed E-state index contributed by atoms with van der Waals surface area (Å²) in [6.07, 6.45) is 4.39. The maximum Gasteiger partial charge on any atom is 0.227 e. The van der Waals surface area contributed by atoms with Gasteiger partial charge in [-0.1, -0.05) is 12.1 Å². The summed E-state index contributed by atoms with van der Waals surface area (Å²) >= 11 is 0. The fourth-order valence-electron chi connectivity index (χ4n) is 3.10. The second-order valence-corrected chi connectivity index (χ2v) is 6.50. The molecular weight excluding hydrogens is 276 g/mol. The Morgan fingerprint density at radius 1 is 1.14 bits per heavy atom. The van der Waals surface area contributed by atoms with Gasteiger partial charge in [-0.2, -0.15) is 0 Å². The van der Waals surface area contributed by atoms with Crippen molar-refractivity contribution in [2.45, 2.75) is 25.7 Å². The van der Waals surface area contributed by atoms with Gasteiger partial charge in [0.15, 0.2) is 0 Å². The number of rotatable bonds is 5. The minimum atomic E-state index is 0.249. The Morgan fingerprint density at radius 3 is 2.59 bits per heavy atom. The van der Waals surface area contributed by atoms with E-state index in [-0.39, 0.29) is 5.91 Å². The van der Waals surface area contributed by atoms with E-state index in [4.69, 9.17) is 4.74 Å². The fraction of sp³-hybridized carbons (Fsp3) is 0.611. The van der Waals surface area contributed by atoms with Gasteiger partial charge in [0.25, 0.3) is 0 Å². The molecule has 0 spiro atoms. The summed E-state index contributed by atoms with van der Waals surface area (Å²) in [5.41, 5.74) is 1.06. The van der Waals surface area contributed by atoms with Gasteiger partial charge in [-0.05, 0) is 49.4 Å². The van der Waals surface area contributed by atoms with Crippen LogP contribution >= 0.6 is 0 Å². The molecule has 1 saturated carbocycles. The van der Waals surface area contributed by atoms with Crippen LogP contribution in [0.3, 0.4) is 0 Å². The number of methoxy groups -OCH3 is 1. The first-order valence-corrected chi connectivity index (χ1v) is 8.37. The lowest BCUT2D eigenvalue weighted by atomic mass is 10.1. The van der Waals surface area contributed by atoms with Crippen LogP contribution in [-0.4, -0.2) is 55.5 Å². The van der Waals surface area contributed by atoms with Gasteiger partial charge in [0.2, 0.25) is 5.91 Å². The third kappa shape index (κ3) is 4.23. The highest BCUT2D eigenvalue weighted by molar-refractivity contribution is 5.78. The maximum atomic E-state index is 12.5. The van der Waals surface area contributed by atoms with Crippen molar-refractivity contribution in [3.8, 4) is 5.75 Å². The molecule has 120 valence electrons. The zero-order valence-electron chi connectivity index (χ0n) is 13.5. The molecule has 0 atom stereocenters. The minimum absolute atomic E-state index is 0.249. The lowest BCUT2D eigenvalue weighted by molar-refractivity contribution is -0.130. The van der Waals surface area contributed by atoms with E-state index in [1.807, 2.05) is 29.2 Å². The van der Waals surface area contributed by atoms with Crippen molar-refractivity contribution in [3.63, 3.8) is 0 Å². The van der Waals surface area contributed by atoms with Gasteiger partial charge in [-0.25, -0.2) is 0 Å². The zero-order valence-corrected chi connectivity index (χ0v) is 13.5. The molecule has 0 aromatic heterocycles. The van der Waals surface area contributed by atoms with E-state index in [0.717, 1.165) is 49.8 Å². The first-order valence-electron chi connectivity index (χ1n) is 8.37. The smallest absolute Gasteiger partial charge is 0.227 e. The molecule has 2 aliphatic rings. The van der Waals surface area contributed by atoms with Crippen LogP contribution in [0.2, 0.25) is 0 Å². The lowest BCUT2D eigenvalue weighted by Crippen LogP contribution is -2.36. The van der Waals surface area contributed by atoms with Gasteiger partial charge in [0, 0.05) is 26.2 Å². The predicted molar refractivity (Wildman–Crippen MR) is 87.1 cm³/mol. The number of ether oxygens (including phenoxy) is 1. The summed E-state index contributed by atoms with van der Waals surface area (Å²) in [6, 6.07) is 7.80. The molecule has 1 saturated heterocycles. The van der Waals surface area contributed by atoms with E-state index < -0.39 is 0 Å². The van der Waals surface area contributed by atoms with E-state index in [9.17, 15) is 4.79 Å². The molecule has 1 aliphatic carbocycles. The number of carbonyl (C=O) groups excluding carboxylic acids is 1. The monoisotopic (exact) mass is 302 g/mol. The largest absolute Gasteiger partial charge is 0.497 e. The van der Waals surface area contributed by atoms with Crippen molar-refractivity contribution in [1.29, 1.82) is 0 Å². The highest BCUT2D eigenvalue weighted by atomic mass is 16.5. The summed E-state index contributed by atoms with van der Waals surface area (Å²) < 4.78 is 5.15. The molecule has 4 nitrogen and oxygen atoms in total. The number of nitrogens with zero attached hydrogens (tertiary/aromatic N) is 2. The Labute approximate surface area is 133 Å². The molecule has 3 rings (SSSR count). The van der Waals surface area contributed by atoms with Crippen LogP contribution in [0.4, 0.5) is 0 Å². The molecular formula is C18H26N2O2. The van der Waals surface area contributed by atoms with Crippen LogP contribution in [0.1, 0.15) is 24.8 Å². The van der Waals surface area contributed by atoms with Gasteiger partial charge >= 0.3 is 0 Å². The molecule has 1 amide bonds. The van der Waals surface area contributed by atoms with E-state index >= 15 is 0 Å². The third-order valence-electron chi connectivity index (χ3n) is 4.67. The van der Waals surface area contributed by atoms with Crippen LogP contribution < -0.4 is 4.74 Å². The van der Waals surface area contributed by atoms with Crippen molar-refractivity contribution >= 4 is 5.91 Å². The molecule has 22 heavy (non-hydrogen) atoms. The second-order valence-electron chi connectivity index (χ2n) is 6.50. The van der Waals surface area contributed by atoms with Crippen LogP contribution in [0.25, 0.3) is 0 Å². The Bertz CT molecular complexity index is 496. The standard InChI is InChI=1S/C18H26N2O2/c1-22-17-7-5-15(6-8-17)13-18(21)20-10-2-9-19(11-12-20)14-16-3-4-16/h5-8,16H,2-4,9-14H2,1H3. The number of hydrogen-bond acceptors (Lipinski definition) is 3. The van der Waals surface area contributed by atoms with Gasteiger partial charge in [-0.3, -0.25) is 4.79 Å². The highest BCUT2D eigenvalue weighted by Gasteiger charge is 2.26. The summed E-state index contributed by atoms with van der Waals surface area (Å²) in [5.74, 6) is 2.02. The lowest BCUT2D eigenvalue weighted by Gasteiger charge is -2.22. The molecule has 4 heteroatoms. The van der Waals surface area contributed by atoms with Gasteiger partial charge < -0.3 is 14.5 Å². The number of amides is 1. The van der Waals surface area contributed by atoms with Crippen LogP contribution in [0.5, 0.6) is 5.75 Å². The molecule has 0 N–H and O–H groups in total. The Morgan fingerprint density at radius 2 is 1.91 bits per heavy atom. The third-order valence-corrected chi connectivity index (χ3v) is 4.67. The second kappa shape index (κ2) is 7.14. The van der Waals surface area contributed by atoms with Gasteiger partial charge in [0.05, 0.1) is 13.5 Å². The van der Waals surface area contributed by atoms with Gasteiger partial charge in [0.1, 0.15) is 5.75 Å². The summed E-state index contributed by atoms with van der Waals surface area (Å²) in [5, 5.41) is 0. The summed E-state index contributed by atoms with van der Waals surface area (Å²) in [4.78, 5) is 17.1. The summed E-state index contributed by atoms with van der Waals surface area (Å²) in [7, 11) is 1.66. The minimum Gasteiger partial charge on any atom is -0.497 e. The predicted octanol–water partition coefficient (Wildman–Crippen LogP) is 2.18. The number of carbonyl (C=O) groups is 1. The van der Waals surface area contributed by atoms with E-state index in [1.54, 1.807) is 7.11 Å². The molecule has 0 bridgehead atoms. The molecule has 1 aromatic rings. The topological polar surface area (TPSA) is 32.8 Å². The van der Waals surface area contributed by atoms with Crippen LogP contribution in [0, 0.1) is 5.92 Å². The number of benzene rings is 1. The van der Waals surface area contributed by atoms with Gasteiger partial charge in [-0.15, -0.1) is 0 Å². The molecule has 1 heterocycles.